The van der Waals surface area contributed by atoms with Crippen molar-refractivity contribution in [3.05, 3.63) is 21.4 Å². The van der Waals surface area contributed by atoms with E-state index in [-0.39, 0.29) is 5.78 Å². The molecule has 0 fully saturated rings. The zero-order chi connectivity index (χ0) is 19.5. The largest absolute Gasteiger partial charge is 0.294 e. The number of hydrogen-bond acceptors (Lipinski definition) is 3. The molecule has 2 aromatic heterocycles. The Balaban J connectivity index is 1.89. The van der Waals surface area contributed by atoms with Gasteiger partial charge in [-0.15, -0.1) is 22.7 Å². The SMILES string of the molecule is CCCCCCCCCCc1csc2c(CCCCCC)c(C(C)=O)sc12. The van der Waals surface area contributed by atoms with Crippen LogP contribution in [0.3, 0.4) is 0 Å². The number of carbonyl (C=O) groups is 1. The molecule has 0 aromatic carbocycles. The molecule has 0 radical (unpaired) electrons. The van der Waals surface area contributed by atoms with Crippen LogP contribution >= 0.6 is 22.7 Å². The van der Waals surface area contributed by atoms with Gasteiger partial charge in [-0.25, -0.2) is 0 Å². The van der Waals surface area contributed by atoms with Crippen molar-refractivity contribution in [1.29, 1.82) is 0 Å². The van der Waals surface area contributed by atoms with Gasteiger partial charge in [-0.3, -0.25) is 4.79 Å². The third kappa shape index (κ3) is 7.02. The molecule has 27 heavy (non-hydrogen) atoms. The lowest BCUT2D eigenvalue weighted by molar-refractivity contribution is 0.102. The first-order valence-corrected chi connectivity index (χ1v) is 12.9. The molecule has 0 saturated carbocycles. The summed E-state index contributed by atoms with van der Waals surface area (Å²) in [4.78, 5) is 13.2. The number of carbonyl (C=O) groups excluding carboxylic acids is 1. The van der Waals surface area contributed by atoms with Crippen LogP contribution in [-0.2, 0) is 12.8 Å². The van der Waals surface area contributed by atoms with Crippen molar-refractivity contribution in [3.63, 3.8) is 0 Å². The molecule has 2 aromatic rings. The van der Waals surface area contributed by atoms with Crippen LogP contribution in [0, 0.1) is 0 Å². The molecule has 0 aliphatic carbocycles. The first kappa shape index (κ1) is 22.6. The maximum Gasteiger partial charge on any atom is 0.170 e. The summed E-state index contributed by atoms with van der Waals surface area (Å²) in [5.41, 5.74) is 2.85. The molecule has 0 atom stereocenters. The Morgan fingerprint density at radius 1 is 0.778 bits per heavy atom. The van der Waals surface area contributed by atoms with E-state index in [1.54, 1.807) is 18.3 Å². The maximum absolute atomic E-state index is 12.2. The minimum absolute atomic E-state index is 0.256. The lowest BCUT2D eigenvalue weighted by Gasteiger charge is -2.01. The highest BCUT2D eigenvalue weighted by atomic mass is 32.1. The van der Waals surface area contributed by atoms with E-state index in [1.807, 2.05) is 11.3 Å². The Bertz CT molecular complexity index is 680. The topological polar surface area (TPSA) is 17.1 Å². The number of aryl methyl sites for hydroxylation is 2. The van der Waals surface area contributed by atoms with Crippen LogP contribution in [-0.4, -0.2) is 5.78 Å². The molecule has 3 heteroatoms. The van der Waals surface area contributed by atoms with Crippen LogP contribution in [0.4, 0.5) is 0 Å². The van der Waals surface area contributed by atoms with Gasteiger partial charge in [0.05, 0.1) is 4.88 Å². The summed E-state index contributed by atoms with van der Waals surface area (Å²) < 4.78 is 2.83. The molecule has 0 saturated heterocycles. The number of fused-ring (bicyclic) bond motifs is 1. The third-order valence-corrected chi connectivity index (χ3v) is 8.10. The molecule has 0 aliphatic heterocycles. The molecular formula is C24H38OS2. The fourth-order valence-corrected chi connectivity index (χ4v) is 6.50. The van der Waals surface area contributed by atoms with Gasteiger partial charge in [-0.1, -0.05) is 78.1 Å². The molecular weight excluding hydrogens is 368 g/mol. The standard InChI is InChI=1S/C24H38OS2/c1-4-6-8-10-11-12-13-14-16-20-18-26-24-21(17-15-9-7-5-2)22(19(3)25)27-23(20)24/h18H,4-17H2,1-3H3. The van der Waals surface area contributed by atoms with Gasteiger partial charge in [0, 0.05) is 9.40 Å². The van der Waals surface area contributed by atoms with E-state index in [0.717, 1.165) is 11.3 Å². The minimum Gasteiger partial charge on any atom is -0.294 e. The normalized spacial score (nSPS) is 11.5. The molecule has 0 bridgehead atoms. The molecule has 152 valence electrons. The van der Waals surface area contributed by atoms with Crippen LogP contribution in [0.2, 0.25) is 0 Å². The van der Waals surface area contributed by atoms with Crippen molar-refractivity contribution < 1.29 is 4.79 Å². The summed E-state index contributed by atoms with van der Waals surface area (Å²) in [6.07, 6.45) is 18.3. The van der Waals surface area contributed by atoms with Crippen molar-refractivity contribution in [2.75, 3.05) is 0 Å². The van der Waals surface area contributed by atoms with Gasteiger partial charge < -0.3 is 0 Å². The second-order valence-electron chi connectivity index (χ2n) is 7.92. The summed E-state index contributed by atoms with van der Waals surface area (Å²) in [5.74, 6) is 0.256. The number of hydrogen-bond donors (Lipinski definition) is 0. The lowest BCUT2D eigenvalue weighted by atomic mass is 10.0. The zero-order valence-corrected chi connectivity index (χ0v) is 19.3. The minimum atomic E-state index is 0.256. The summed E-state index contributed by atoms with van der Waals surface area (Å²) in [6.45, 7) is 6.27. The second kappa shape index (κ2) is 12.7. The third-order valence-electron chi connectivity index (χ3n) is 5.47. The summed E-state index contributed by atoms with van der Waals surface area (Å²) in [7, 11) is 0. The molecule has 2 heterocycles. The Labute approximate surface area is 174 Å². The van der Waals surface area contributed by atoms with E-state index in [2.05, 4.69) is 19.2 Å². The van der Waals surface area contributed by atoms with E-state index >= 15 is 0 Å². The number of rotatable bonds is 15. The van der Waals surface area contributed by atoms with Crippen molar-refractivity contribution in [2.24, 2.45) is 0 Å². The Morgan fingerprint density at radius 3 is 1.96 bits per heavy atom. The number of thiophene rings is 2. The maximum atomic E-state index is 12.2. The highest BCUT2D eigenvalue weighted by molar-refractivity contribution is 7.28. The fourth-order valence-electron chi connectivity index (χ4n) is 3.83. The van der Waals surface area contributed by atoms with Crippen LogP contribution in [0.15, 0.2) is 5.38 Å². The Kier molecular flexibility index (Phi) is 10.7. The van der Waals surface area contributed by atoms with Crippen molar-refractivity contribution in [1.82, 2.24) is 0 Å². The predicted molar refractivity (Wildman–Crippen MR) is 124 cm³/mol. The monoisotopic (exact) mass is 406 g/mol. The lowest BCUT2D eigenvalue weighted by Crippen LogP contribution is -1.94. The van der Waals surface area contributed by atoms with E-state index in [9.17, 15) is 4.79 Å². The smallest absolute Gasteiger partial charge is 0.170 e. The van der Waals surface area contributed by atoms with Crippen molar-refractivity contribution >= 4 is 37.9 Å². The van der Waals surface area contributed by atoms with Crippen molar-refractivity contribution in [3.8, 4) is 0 Å². The van der Waals surface area contributed by atoms with Crippen molar-refractivity contribution in [2.45, 2.75) is 111 Å². The second-order valence-corrected chi connectivity index (χ2v) is 9.82. The fraction of sp³-hybridized carbons (Fsp3) is 0.708. The first-order valence-electron chi connectivity index (χ1n) is 11.2. The quantitative estimate of drug-likeness (QED) is 0.213. The average Bonchev–Trinajstić information content (AvgIpc) is 3.21. The summed E-state index contributed by atoms with van der Waals surface area (Å²) >= 11 is 3.65. The summed E-state index contributed by atoms with van der Waals surface area (Å²) in [6, 6.07) is 0. The zero-order valence-electron chi connectivity index (χ0n) is 17.7. The molecule has 0 amide bonds. The Hall–Kier alpha value is -0.670. The van der Waals surface area contributed by atoms with Crippen LogP contribution in [0.1, 0.15) is 119 Å². The van der Waals surface area contributed by atoms with E-state index in [0.29, 0.717) is 0 Å². The van der Waals surface area contributed by atoms with Gasteiger partial charge in [-0.05, 0) is 49.1 Å². The highest BCUT2D eigenvalue weighted by Gasteiger charge is 2.18. The summed E-state index contributed by atoms with van der Waals surface area (Å²) in [5, 5.41) is 2.36. The van der Waals surface area contributed by atoms with Gasteiger partial charge in [0.15, 0.2) is 5.78 Å². The average molecular weight is 407 g/mol. The highest BCUT2D eigenvalue weighted by Crippen LogP contribution is 2.40. The van der Waals surface area contributed by atoms with E-state index in [1.165, 1.54) is 104 Å². The van der Waals surface area contributed by atoms with E-state index < -0.39 is 0 Å². The number of unbranched alkanes of at least 4 members (excludes halogenated alkanes) is 10. The van der Waals surface area contributed by atoms with Crippen LogP contribution in [0.25, 0.3) is 9.40 Å². The van der Waals surface area contributed by atoms with Gasteiger partial charge in [0.25, 0.3) is 0 Å². The molecule has 0 N–H and O–H groups in total. The number of ketones is 1. The molecule has 0 spiro atoms. The van der Waals surface area contributed by atoms with Crippen LogP contribution < -0.4 is 0 Å². The van der Waals surface area contributed by atoms with Gasteiger partial charge >= 0.3 is 0 Å². The Morgan fingerprint density at radius 2 is 1.33 bits per heavy atom. The molecule has 0 aliphatic rings. The molecule has 1 nitrogen and oxygen atoms in total. The predicted octanol–water partition coefficient (Wildman–Crippen LogP) is 8.97. The first-order chi connectivity index (χ1) is 13.2. The molecule has 2 rings (SSSR count). The number of Topliss-reactive ketones (excluding diaryl/α,β-unsaturated/α-hetero) is 1. The molecule has 0 unspecified atom stereocenters. The van der Waals surface area contributed by atoms with E-state index in [4.69, 9.17) is 0 Å². The van der Waals surface area contributed by atoms with Crippen LogP contribution in [0.5, 0.6) is 0 Å². The van der Waals surface area contributed by atoms with Gasteiger partial charge in [-0.2, -0.15) is 0 Å². The van der Waals surface area contributed by atoms with Gasteiger partial charge in [0.2, 0.25) is 0 Å². The van der Waals surface area contributed by atoms with Gasteiger partial charge in [0.1, 0.15) is 0 Å².